The van der Waals surface area contributed by atoms with Crippen molar-refractivity contribution in [3.05, 3.63) is 0 Å². The molecular weight excluding hydrogens is 307 g/mol. The van der Waals surface area contributed by atoms with Crippen LogP contribution in [0.3, 0.4) is 0 Å². The van der Waals surface area contributed by atoms with Gasteiger partial charge < -0.3 is 0 Å². The predicted octanol–water partition coefficient (Wildman–Crippen LogP) is 8.48. The molecule has 0 bridgehead atoms. The van der Waals surface area contributed by atoms with E-state index in [2.05, 4.69) is 48.5 Å². The number of hydrogen-bond acceptors (Lipinski definition) is 0. The highest BCUT2D eigenvalue weighted by Crippen LogP contribution is 2.53. The van der Waals surface area contributed by atoms with Gasteiger partial charge in [-0.1, -0.05) is 87.0 Å². The first-order valence-corrected chi connectivity index (χ1v) is 12.7. The summed E-state index contributed by atoms with van der Waals surface area (Å²) in [5, 5.41) is 0. The fraction of sp³-hybridized carbons (Fsp3) is 1.00. The van der Waals surface area contributed by atoms with Crippen molar-refractivity contribution in [2.75, 3.05) is 6.16 Å². The van der Waals surface area contributed by atoms with E-state index >= 15 is 0 Å². The molecule has 0 N–H and O–H groups in total. The van der Waals surface area contributed by atoms with Gasteiger partial charge in [0.05, 0.1) is 0 Å². The van der Waals surface area contributed by atoms with Crippen molar-refractivity contribution in [1.82, 2.24) is 0 Å². The average Bonchev–Trinajstić information content (AvgIpc) is 2.52. The first-order valence-electron chi connectivity index (χ1n) is 11.0. The maximum absolute atomic E-state index is 2.61. The summed E-state index contributed by atoms with van der Waals surface area (Å²) in [5.41, 5.74) is 2.51. The Hall–Kier alpha value is 0.430. The summed E-state index contributed by atoms with van der Waals surface area (Å²) in [6.45, 7) is 17.5. The van der Waals surface area contributed by atoms with E-state index in [1.807, 2.05) is 0 Å². The van der Waals surface area contributed by atoms with Crippen molar-refractivity contribution in [2.45, 2.75) is 124 Å². The second-order valence-electron chi connectivity index (χ2n) is 9.72. The van der Waals surface area contributed by atoms with Crippen LogP contribution < -0.4 is 0 Å². The van der Waals surface area contributed by atoms with Gasteiger partial charge in [-0.15, -0.1) is 7.92 Å². The summed E-state index contributed by atoms with van der Waals surface area (Å²) in [5.74, 6) is 1.89. The van der Waals surface area contributed by atoms with Crippen LogP contribution in [0.1, 0.15) is 113 Å². The highest BCUT2D eigenvalue weighted by Gasteiger charge is 2.28. The summed E-state index contributed by atoms with van der Waals surface area (Å²) in [6, 6.07) is 0. The van der Waals surface area contributed by atoms with E-state index in [1.54, 1.807) is 0 Å². The van der Waals surface area contributed by atoms with Crippen LogP contribution >= 0.6 is 7.92 Å². The Morgan fingerprint density at radius 1 is 1.00 bits per heavy atom. The van der Waals surface area contributed by atoms with Gasteiger partial charge in [-0.25, -0.2) is 0 Å². The third-order valence-electron chi connectivity index (χ3n) is 6.76. The van der Waals surface area contributed by atoms with Crippen LogP contribution in [0.25, 0.3) is 0 Å². The molecule has 0 amide bonds. The van der Waals surface area contributed by atoms with E-state index in [9.17, 15) is 0 Å². The molecule has 0 aromatic heterocycles. The fourth-order valence-corrected chi connectivity index (χ4v) is 8.52. The van der Waals surface area contributed by atoms with Crippen LogP contribution in [0.4, 0.5) is 0 Å². The van der Waals surface area contributed by atoms with Crippen LogP contribution in [0.15, 0.2) is 0 Å². The van der Waals surface area contributed by atoms with Crippen LogP contribution in [0, 0.1) is 17.3 Å². The molecule has 0 aromatic carbocycles. The van der Waals surface area contributed by atoms with Crippen LogP contribution in [-0.2, 0) is 0 Å². The zero-order valence-corrected chi connectivity index (χ0v) is 18.9. The van der Waals surface area contributed by atoms with E-state index in [0.29, 0.717) is 5.41 Å². The Bertz CT molecular complexity index is 322. The zero-order chi connectivity index (χ0) is 18.2. The van der Waals surface area contributed by atoms with Crippen molar-refractivity contribution < 1.29 is 0 Å². The molecule has 0 spiro atoms. The molecule has 3 unspecified atom stereocenters. The summed E-state index contributed by atoms with van der Waals surface area (Å²) in [6.07, 6.45) is 16.1. The van der Waals surface area contributed by atoms with Crippen molar-refractivity contribution in [1.29, 1.82) is 0 Å². The SMILES string of the molecule is CC[C@@H](C)CC(C)(C)CCP1C(C)CCCCC[C@@H](CC)CC1C. The Morgan fingerprint density at radius 2 is 1.67 bits per heavy atom. The first kappa shape index (κ1) is 22.5. The van der Waals surface area contributed by atoms with Gasteiger partial charge >= 0.3 is 0 Å². The van der Waals surface area contributed by atoms with Crippen LogP contribution in [-0.4, -0.2) is 17.5 Å². The maximum atomic E-state index is 2.61. The Morgan fingerprint density at radius 3 is 2.29 bits per heavy atom. The predicted molar refractivity (Wildman–Crippen MR) is 115 cm³/mol. The maximum Gasteiger partial charge on any atom is -0.0233 e. The van der Waals surface area contributed by atoms with Crippen LogP contribution in [0.2, 0.25) is 0 Å². The van der Waals surface area contributed by atoms with Gasteiger partial charge in [0.2, 0.25) is 0 Å². The third kappa shape index (κ3) is 8.21. The minimum absolute atomic E-state index is 0.207. The molecule has 1 heteroatoms. The molecule has 5 atom stereocenters. The number of hydrogen-bond donors (Lipinski definition) is 0. The quantitative estimate of drug-likeness (QED) is 0.402. The monoisotopic (exact) mass is 354 g/mol. The van der Waals surface area contributed by atoms with Gasteiger partial charge in [0, 0.05) is 0 Å². The summed E-state index contributed by atoms with van der Waals surface area (Å²) >= 11 is 0. The molecule has 1 saturated heterocycles. The standard InChI is InChI=1S/C23H47P/c1-8-19(3)18-23(6,7)15-16-24-20(4)13-11-10-12-14-22(9-2)17-21(24)5/h19-22H,8-18H2,1-7H3/t19-,20?,21?,22-,24?/m1/s1. The molecule has 0 aromatic rings. The van der Waals surface area contributed by atoms with E-state index < -0.39 is 0 Å². The largest absolute Gasteiger partial charge is 0.101 e. The van der Waals surface area contributed by atoms with Gasteiger partial charge in [-0.3, -0.25) is 0 Å². The topological polar surface area (TPSA) is 0 Å². The Labute approximate surface area is 155 Å². The summed E-state index contributed by atoms with van der Waals surface area (Å²) in [4.78, 5) is 0. The minimum Gasteiger partial charge on any atom is -0.101 e. The normalized spacial score (nSPS) is 31.6. The van der Waals surface area contributed by atoms with Crippen molar-refractivity contribution in [3.8, 4) is 0 Å². The van der Waals surface area contributed by atoms with E-state index in [0.717, 1.165) is 23.2 Å². The lowest BCUT2D eigenvalue weighted by Crippen LogP contribution is -2.22. The van der Waals surface area contributed by atoms with Crippen LogP contribution in [0.5, 0.6) is 0 Å². The molecule has 1 fully saturated rings. The molecule has 24 heavy (non-hydrogen) atoms. The lowest BCUT2D eigenvalue weighted by Gasteiger charge is -2.37. The smallest absolute Gasteiger partial charge is 0.0233 e. The second kappa shape index (κ2) is 11.2. The van der Waals surface area contributed by atoms with E-state index in [1.165, 1.54) is 70.4 Å². The molecule has 1 rings (SSSR count). The zero-order valence-electron chi connectivity index (χ0n) is 18.0. The molecule has 144 valence electrons. The van der Waals surface area contributed by atoms with Crippen molar-refractivity contribution in [2.24, 2.45) is 17.3 Å². The molecule has 0 saturated carbocycles. The molecule has 0 aliphatic carbocycles. The second-order valence-corrected chi connectivity index (χ2v) is 13.0. The molecule has 0 nitrogen and oxygen atoms in total. The molecular formula is C23H47P. The van der Waals surface area contributed by atoms with Gasteiger partial charge in [0.25, 0.3) is 0 Å². The van der Waals surface area contributed by atoms with E-state index in [-0.39, 0.29) is 7.92 Å². The highest BCUT2D eigenvalue weighted by molar-refractivity contribution is 7.59. The Kier molecular flexibility index (Phi) is 10.5. The highest BCUT2D eigenvalue weighted by atomic mass is 31.1. The van der Waals surface area contributed by atoms with Gasteiger partial charge in [-0.2, -0.15) is 0 Å². The van der Waals surface area contributed by atoms with Crippen molar-refractivity contribution in [3.63, 3.8) is 0 Å². The molecule has 0 radical (unpaired) electrons. The average molecular weight is 355 g/mol. The molecule has 1 aliphatic heterocycles. The van der Waals surface area contributed by atoms with Gasteiger partial charge in [-0.05, 0) is 60.4 Å². The lowest BCUT2D eigenvalue weighted by molar-refractivity contribution is 0.264. The lowest BCUT2D eigenvalue weighted by atomic mass is 9.80. The minimum atomic E-state index is 0.207. The van der Waals surface area contributed by atoms with Gasteiger partial charge in [0.15, 0.2) is 0 Å². The third-order valence-corrected chi connectivity index (χ3v) is 10.2. The van der Waals surface area contributed by atoms with Gasteiger partial charge in [0.1, 0.15) is 0 Å². The first-order chi connectivity index (χ1) is 11.3. The summed E-state index contributed by atoms with van der Waals surface area (Å²) in [7, 11) is 0.207. The molecule has 1 heterocycles. The number of rotatable bonds is 7. The fourth-order valence-electron chi connectivity index (χ4n) is 4.82. The Balaban J connectivity index is 2.67. The van der Waals surface area contributed by atoms with E-state index in [4.69, 9.17) is 0 Å². The van der Waals surface area contributed by atoms with Crippen molar-refractivity contribution >= 4 is 7.92 Å². The molecule has 1 aliphatic rings. The summed E-state index contributed by atoms with van der Waals surface area (Å²) < 4.78 is 0.